The molecule has 2 N–H and O–H groups in total. The fraction of sp³-hybridized carbons (Fsp3) is 0.250. The summed E-state index contributed by atoms with van der Waals surface area (Å²) in [6.07, 6.45) is 5.45. The highest BCUT2D eigenvalue weighted by atomic mass is 35.5. The Balaban J connectivity index is 0.00000196. The summed E-state index contributed by atoms with van der Waals surface area (Å²) in [6.45, 7) is 2.98. The summed E-state index contributed by atoms with van der Waals surface area (Å²) < 4.78 is 1.84. The van der Waals surface area contributed by atoms with Gasteiger partial charge in [0.15, 0.2) is 0 Å². The zero-order valence-electron chi connectivity index (χ0n) is 15.8. The van der Waals surface area contributed by atoms with E-state index >= 15 is 0 Å². The van der Waals surface area contributed by atoms with Crippen LogP contribution >= 0.6 is 24.8 Å². The van der Waals surface area contributed by atoms with Gasteiger partial charge in [-0.2, -0.15) is 5.10 Å². The molecule has 0 saturated heterocycles. The number of aromatic nitrogens is 3. The van der Waals surface area contributed by atoms with Gasteiger partial charge in [-0.05, 0) is 31.3 Å². The van der Waals surface area contributed by atoms with Crippen molar-refractivity contribution in [1.29, 1.82) is 0 Å². The smallest absolute Gasteiger partial charge is 0.224 e. The van der Waals surface area contributed by atoms with Gasteiger partial charge in [0.1, 0.15) is 0 Å². The van der Waals surface area contributed by atoms with Gasteiger partial charge in [0, 0.05) is 48.7 Å². The molecule has 1 aromatic carbocycles. The van der Waals surface area contributed by atoms with Crippen LogP contribution in [0.3, 0.4) is 0 Å². The third kappa shape index (κ3) is 5.79. The number of hydrogen-bond acceptors (Lipinski definition) is 4. The summed E-state index contributed by atoms with van der Waals surface area (Å²) in [5.41, 5.74) is 3.76. The van der Waals surface area contributed by atoms with Crippen LogP contribution in [-0.2, 0) is 11.3 Å². The molecule has 2 heterocycles. The lowest BCUT2D eigenvalue weighted by molar-refractivity contribution is -0.124. The Morgan fingerprint density at radius 2 is 1.79 bits per heavy atom. The summed E-state index contributed by atoms with van der Waals surface area (Å²) in [5.74, 6) is -0.0685. The lowest BCUT2D eigenvalue weighted by atomic mass is 10.1. The molecule has 6 nitrogen and oxygen atoms in total. The minimum Gasteiger partial charge on any atom is -0.352 e. The maximum Gasteiger partial charge on any atom is 0.224 e. The Bertz CT molecular complexity index is 856. The van der Waals surface area contributed by atoms with Crippen molar-refractivity contribution >= 4 is 30.7 Å². The number of carbonyl (C=O) groups is 1. The normalized spacial score (nSPS) is 11.1. The van der Waals surface area contributed by atoms with Gasteiger partial charge >= 0.3 is 0 Å². The number of nitrogens with one attached hydrogen (secondary N) is 2. The molecule has 1 atom stereocenters. The molecule has 1 unspecified atom stereocenters. The van der Waals surface area contributed by atoms with Gasteiger partial charge < -0.3 is 10.6 Å². The molecule has 0 fully saturated rings. The molecule has 0 radical (unpaired) electrons. The van der Waals surface area contributed by atoms with E-state index in [4.69, 9.17) is 5.10 Å². The second-order valence-corrected chi connectivity index (χ2v) is 6.20. The number of nitrogens with zero attached hydrogens (tertiary/aromatic N) is 3. The van der Waals surface area contributed by atoms with Crippen molar-refractivity contribution in [3.63, 3.8) is 0 Å². The van der Waals surface area contributed by atoms with Crippen LogP contribution in [0, 0.1) is 5.92 Å². The fourth-order valence-electron chi connectivity index (χ4n) is 2.76. The number of halogens is 2. The molecule has 28 heavy (non-hydrogen) atoms. The molecular weight excluding hydrogens is 397 g/mol. The van der Waals surface area contributed by atoms with Crippen LogP contribution in [-0.4, -0.2) is 34.3 Å². The summed E-state index contributed by atoms with van der Waals surface area (Å²) in [4.78, 5) is 16.3. The van der Waals surface area contributed by atoms with E-state index in [2.05, 4.69) is 15.6 Å². The second-order valence-electron chi connectivity index (χ2n) is 6.20. The van der Waals surface area contributed by atoms with Crippen molar-refractivity contribution in [2.45, 2.75) is 13.5 Å². The number of amides is 1. The monoisotopic (exact) mass is 421 g/mol. The molecule has 0 aliphatic rings. The standard InChI is InChI=1S/C20H23N5O.2ClH/c1-15(12-21-2)20(26)23-13-17-14-25(18-6-4-3-5-7-18)24-19(17)16-8-10-22-11-9-16;;/h3-11,14-15,21H,12-13H2,1-2H3,(H,23,26);2*1H. The average molecular weight is 422 g/mol. The van der Waals surface area contributed by atoms with E-state index in [1.54, 1.807) is 12.4 Å². The van der Waals surface area contributed by atoms with Crippen LogP contribution in [0.15, 0.2) is 61.1 Å². The molecule has 8 heteroatoms. The first-order valence-electron chi connectivity index (χ1n) is 8.65. The van der Waals surface area contributed by atoms with Crippen LogP contribution in [0.1, 0.15) is 12.5 Å². The highest BCUT2D eigenvalue weighted by molar-refractivity contribution is 5.85. The Labute approximate surface area is 177 Å². The number of benzene rings is 1. The molecule has 0 spiro atoms. The summed E-state index contributed by atoms with van der Waals surface area (Å²) in [6, 6.07) is 13.8. The maximum absolute atomic E-state index is 12.2. The van der Waals surface area contributed by atoms with E-state index in [1.807, 2.05) is 67.3 Å². The summed E-state index contributed by atoms with van der Waals surface area (Å²) in [7, 11) is 1.84. The van der Waals surface area contributed by atoms with Crippen molar-refractivity contribution in [2.24, 2.45) is 5.92 Å². The first kappa shape index (κ1) is 23.6. The molecular formula is C20H25Cl2N5O. The van der Waals surface area contributed by atoms with Crippen molar-refractivity contribution in [2.75, 3.05) is 13.6 Å². The van der Waals surface area contributed by atoms with E-state index in [0.29, 0.717) is 13.1 Å². The van der Waals surface area contributed by atoms with Gasteiger partial charge in [-0.1, -0.05) is 25.1 Å². The van der Waals surface area contributed by atoms with Crippen molar-refractivity contribution in [3.8, 4) is 16.9 Å². The molecule has 1 amide bonds. The first-order chi connectivity index (χ1) is 12.7. The third-order valence-electron chi connectivity index (χ3n) is 4.18. The number of carbonyl (C=O) groups excluding carboxylic acids is 1. The number of para-hydroxylation sites is 1. The van der Waals surface area contributed by atoms with Gasteiger partial charge in [-0.25, -0.2) is 4.68 Å². The number of hydrogen-bond donors (Lipinski definition) is 2. The Morgan fingerprint density at radius 1 is 1.11 bits per heavy atom. The molecule has 3 aromatic rings. The zero-order valence-corrected chi connectivity index (χ0v) is 17.5. The lowest BCUT2D eigenvalue weighted by Crippen LogP contribution is -2.33. The lowest BCUT2D eigenvalue weighted by Gasteiger charge is -2.11. The van der Waals surface area contributed by atoms with E-state index in [0.717, 1.165) is 22.5 Å². The van der Waals surface area contributed by atoms with Gasteiger partial charge in [-0.3, -0.25) is 9.78 Å². The Morgan fingerprint density at radius 3 is 2.43 bits per heavy atom. The topological polar surface area (TPSA) is 71.8 Å². The molecule has 0 bridgehead atoms. The first-order valence-corrected chi connectivity index (χ1v) is 8.65. The molecule has 0 aliphatic carbocycles. The largest absolute Gasteiger partial charge is 0.352 e. The predicted octanol–water partition coefficient (Wildman–Crippen LogP) is 3.25. The molecule has 3 rings (SSSR count). The van der Waals surface area contributed by atoms with Crippen molar-refractivity contribution in [1.82, 2.24) is 25.4 Å². The SMILES string of the molecule is CNCC(C)C(=O)NCc1cn(-c2ccccc2)nc1-c1ccncc1.Cl.Cl. The second kappa shape index (κ2) is 11.4. The van der Waals surface area contributed by atoms with Gasteiger partial charge in [0.05, 0.1) is 11.4 Å². The van der Waals surface area contributed by atoms with Crippen LogP contribution in [0.25, 0.3) is 16.9 Å². The third-order valence-corrected chi connectivity index (χ3v) is 4.18. The highest BCUT2D eigenvalue weighted by Crippen LogP contribution is 2.23. The predicted molar refractivity (Wildman–Crippen MR) is 116 cm³/mol. The van der Waals surface area contributed by atoms with Crippen LogP contribution in [0.4, 0.5) is 0 Å². The summed E-state index contributed by atoms with van der Waals surface area (Å²) in [5, 5.41) is 10.8. The minimum absolute atomic E-state index is 0. The van der Waals surface area contributed by atoms with Crippen LogP contribution in [0.5, 0.6) is 0 Å². The molecule has 150 valence electrons. The average Bonchev–Trinajstić information content (AvgIpc) is 3.12. The van der Waals surface area contributed by atoms with Crippen molar-refractivity contribution < 1.29 is 4.79 Å². The van der Waals surface area contributed by atoms with Gasteiger partial charge in [-0.15, -0.1) is 24.8 Å². The van der Waals surface area contributed by atoms with E-state index in [9.17, 15) is 4.79 Å². The quantitative estimate of drug-likeness (QED) is 0.613. The molecule has 0 saturated carbocycles. The maximum atomic E-state index is 12.2. The Kier molecular flexibility index (Phi) is 9.65. The van der Waals surface area contributed by atoms with Crippen LogP contribution in [0.2, 0.25) is 0 Å². The van der Waals surface area contributed by atoms with Gasteiger partial charge in [0.2, 0.25) is 5.91 Å². The Hall–Kier alpha value is -2.41. The summed E-state index contributed by atoms with van der Waals surface area (Å²) >= 11 is 0. The van der Waals surface area contributed by atoms with E-state index in [-0.39, 0.29) is 36.6 Å². The van der Waals surface area contributed by atoms with Crippen LogP contribution < -0.4 is 10.6 Å². The molecule has 0 aliphatic heterocycles. The van der Waals surface area contributed by atoms with E-state index < -0.39 is 0 Å². The fourth-order valence-corrected chi connectivity index (χ4v) is 2.76. The van der Waals surface area contributed by atoms with Gasteiger partial charge in [0.25, 0.3) is 0 Å². The minimum atomic E-state index is -0.0893. The zero-order chi connectivity index (χ0) is 18.4. The number of rotatable bonds is 7. The van der Waals surface area contributed by atoms with Crippen molar-refractivity contribution in [3.05, 3.63) is 66.6 Å². The number of pyridine rings is 1. The highest BCUT2D eigenvalue weighted by Gasteiger charge is 2.15. The van der Waals surface area contributed by atoms with E-state index in [1.165, 1.54) is 0 Å². The molecule has 2 aromatic heterocycles.